The second-order valence-electron chi connectivity index (χ2n) is 9.90. The van der Waals surface area contributed by atoms with Crippen LogP contribution in [0, 0.1) is 18.7 Å². The summed E-state index contributed by atoms with van der Waals surface area (Å²) in [5.41, 5.74) is 0.565. The summed E-state index contributed by atoms with van der Waals surface area (Å²) in [6.07, 6.45) is 9.87. The molecule has 2 aliphatic heterocycles. The molecule has 1 aromatic carbocycles. The normalized spacial score (nSPS) is 18.8. The number of likely N-dealkylation sites (tertiary alicyclic amines) is 1. The molecule has 2 saturated heterocycles. The fourth-order valence-electron chi connectivity index (χ4n) is 5.08. The molecule has 3 heterocycles. The molecule has 1 aromatic heterocycles. The number of halogens is 1. The Bertz CT molecular complexity index is 1180. The first-order valence-electron chi connectivity index (χ1n) is 13.3. The minimum absolute atomic E-state index is 0.00239. The Morgan fingerprint density at radius 3 is 2.51 bits per heavy atom. The summed E-state index contributed by atoms with van der Waals surface area (Å²) in [7, 11) is -3.89. The van der Waals surface area contributed by atoms with Crippen LogP contribution in [0.1, 0.15) is 62.0 Å². The number of hydrogen-bond donors (Lipinski definition) is 1. The van der Waals surface area contributed by atoms with Crippen LogP contribution in [0.2, 0.25) is 0 Å². The van der Waals surface area contributed by atoms with Crippen molar-refractivity contribution in [2.45, 2.75) is 56.8 Å². The largest absolute Gasteiger partial charge is 0.356 e. The van der Waals surface area contributed by atoms with Gasteiger partial charge in [0.1, 0.15) is 11.5 Å². The van der Waals surface area contributed by atoms with E-state index in [-0.39, 0.29) is 41.3 Å². The van der Waals surface area contributed by atoms with Crippen LogP contribution in [0.25, 0.3) is 12.2 Å². The Kier molecular flexibility index (Phi) is 9.50. The van der Waals surface area contributed by atoms with Crippen molar-refractivity contribution in [2.75, 3.05) is 39.3 Å². The Hall–Kier alpha value is -2.56. The SMILES string of the molecule is Cc1noc(/C=C/c2ccccc2F)c1S(=O)(=O)N1CCC(C(=O)NCCCN2CCCCCC2)CC1. The van der Waals surface area contributed by atoms with E-state index < -0.39 is 15.8 Å². The van der Waals surface area contributed by atoms with Gasteiger partial charge in [-0.3, -0.25) is 4.79 Å². The van der Waals surface area contributed by atoms with Gasteiger partial charge in [0.2, 0.25) is 15.9 Å². The molecule has 0 spiro atoms. The van der Waals surface area contributed by atoms with Crippen molar-refractivity contribution >= 4 is 28.1 Å². The van der Waals surface area contributed by atoms with Gasteiger partial charge in [-0.2, -0.15) is 4.31 Å². The molecule has 1 amide bonds. The number of sulfonamides is 1. The highest BCUT2D eigenvalue weighted by Crippen LogP contribution is 2.29. The summed E-state index contributed by atoms with van der Waals surface area (Å²) in [5.74, 6) is -0.553. The van der Waals surface area contributed by atoms with Crippen molar-refractivity contribution in [1.82, 2.24) is 19.7 Å². The average Bonchev–Trinajstić information content (AvgIpc) is 3.09. The summed E-state index contributed by atoms with van der Waals surface area (Å²) >= 11 is 0. The van der Waals surface area contributed by atoms with E-state index in [2.05, 4.69) is 15.4 Å². The lowest BCUT2D eigenvalue weighted by Gasteiger charge is -2.30. The van der Waals surface area contributed by atoms with E-state index in [1.54, 1.807) is 25.1 Å². The van der Waals surface area contributed by atoms with E-state index in [1.807, 2.05) is 0 Å². The van der Waals surface area contributed by atoms with Gasteiger partial charge in [0.15, 0.2) is 10.7 Å². The van der Waals surface area contributed by atoms with E-state index >= 15 is 0 Å². The molecule has 2 aromatic rings. The first-order chi connectivity index (χ1) is 17.9. The zero-order valence-electron chi connectivity index (χ0n) is 21.5. The van der Waals surface area contributed by atoms with E-state index in [0.717, 1.165) is 26.1 Å². The number of aryl methyl sites for hydroxylation is 1. The van der Waals surface area contributed by atoms with Crippen molar-refractivity contribution in [2.24, 2.45) is 5.92 Å². The van der Waals surface area contributed by atoms with Gasteiger partial charge in [-0.1, -0.05) is 36.2 Å². The first kappa shape index (κ1) is 27.5. The van der Waals surface area contributed by atoms with Crippen molar-refractivity contribution in [3.05, 3.63) is 47.1 Å². The molecule has 2 fully saturated rings. The van der Waals surface area contributed by atoms with Crippen molar-refractivity contribution in [3.8, 4) is 0 Å². The van der Waals surface area contributed by atoms with Gasteiger partial charge >= 0.3 is 0 Å². The fourth-order valence-corrected chi connectivity index (χ4v) is 6.80. The second kappa shape index (κ2) is 12.8. The molecular weight excluding hydrogens is 495 g/mol. The highest BCUT2D eigenvalue weighted by molar-refractivity contribution is 7.89. The third kappa shape index (κ3) is 7.06. The quantitative estimate of drug-likeness (QED) is 0.489. The molecule has 0 atom stereocenters. The molecule has 4 rings (SSSR count). The molecule has 0 aliphatic carbocycles. The first-order valence-corrected chi connectivity index (χ1v) is 14.7. The highest BCUT2D eigenvalue weighted by atomic mass is 32.2. The van der Waals surface area contributed by atoms with Gasteiger partial charge in [-0.15, -0.1) is 0 Å². The number of carbonyl (C=O) groups excluding carboxylic acids is 1. The second-order valence-corrected chi connectivity index (χ2v) is 11.8. The number of nitrogens with one attached hydrogen (secondary N) is 1. The fraction of sp³-hybridized carbons (Fsp3) is 0.556. The van der Waals surface area contributed by atoms with Crippen molar-refractivity contribution in [3.63, 3.8) is 0 Å². The molecule has 0 saturated carbocycles. The number of piperidine rings is 1. The number of hydrogen-bond acceptors (Lipinski definition) is 6. The lowest BCUT2D eigenvalue weighted by Crippen LogP contribution is -2.43. The maximum absolute atomic E-state index is 14.0. The average molecular weight is 533 g/mol. The van der Waals surface area contributed by atoms with E-state index in [4.69, 9.17) is 4.52 Å². The Morgan fingerprint density at radius 1 is 1.11 bits per heavy atom. The van der Waals surface area contributed by atoms with Gasteiger partial charge in [0, 0.05) is 31.1 Å². The number of rotatable bonds is 9. The van der Waals surface area contributed by atoms with Crippen LogP contribution in [-0.2, 0) is 14.8 Å². The third-order valence-corrected chi connectivity index (χ3v) is 9.28. The maximum Gasteiger partial charge on any atom is 0.248 e. The molecule has 0 radical (unpaired) electrons. The van der Waals surface area contributed by atoms with E-state index in [0.29, 0.717) is 24.9 Å². The van der Waals surface area contributed by atoms with Crippen LogP contribution in [-0.4, -0.2) is 68.0 Å². The number of benzene rings is 1. The predicted octanol–water partition coefficient (Wildman–Crippen LogP) is 4.08. The van der Waals surface area contributed by atoms with E-state index in [9.17, 15) is 17.6 Å². The van der Waals surface area contributed by atoms with Gasteiger partial charge in [0.05, 0.1) is 0 Å². The molecule has 1 N–H and O–H groups in total. The lowest BCUT2D eigenvalue weighted by molar-refractivity contribution is -0.126. The third-order valence-electron chi connectivity index (χ3n) is 7.22. The van der Waals surface area contributed by atoms with Gasteiger partial charge in [-0.25, -0.2) is 12.8 Å². The Morgan fingerprint density at radius 2 is 1.81 bits per heavy atom. The smallest absolute Gasteiger partial charge is 0.248 e. The summed E-state index contributed by atoms with van der Waals surface area (Å²) in [6.45, 7) is 6.00. The molecule has 8 nitrogen and oxygen atoms in total. The predicted molar refractivity (Wildman–Crippen MR) is 141 cm³/mol. The summed E-state index contributed by atoms with van der Waals surface area (Å²) in [6, 6.07) is 6.21. The summed E-state index contributed by atoms with van der Waals surface area (Å²) < 4.78 is 47.5. The number of nitrogens with zero attached hydrogens (tertiary/aromatic N) is 3. The highest BCUT2D eigenvalue weighted by Gasteiger charge is 2.35. The molecular formula is C27H37FN4O4S. The Balaban J connectivity index is 1.30. The summed E-state index contributed by atoms with van der Waals surface area (Å²) in [5, 5.41) is 6.89. The van der Waals surface area contributed by atoms with Crippen LogP contribution in [0.5, 0.6) is 0 Å². The standard InChI is InChI=1S/C27H37FN4O4S/c1-21-26(25(36-30-21)12-11-22-9-4-5-10-24(22)28)37(34,35)32-19-13-23(14-20-32)27(33)29-15-8-18-31-16-6-2-3-7-17-31/h4-5,9-12,23H,2-3,6-8,13-20H2,1H3,(H,29,33)/b12-11+. The monoisotopic (exact) mass is 532 g/mol. The summed E-state index contributed by atoms with van der Waals surface area (Å²) in [4.78, 5) is 15.2. The molecule has 202 valence electrons. The van der Waals surface area contributed by atoms with Crippen molar-refractivity contribution < 1.29 is 22.1 Å². The van der Waals surface area contributed by atoms with Crippen LogP contribution < -0.4 is 5.32 Å². The minimum Gasteiger partial charge on any atom is -0.356 e. The number of aromatic nitrogens is 1. The van der Waals surface area contributed by atoms with Crippen LogP contribution in [0.15, 0.2) is 33.7 Å². The van der Waals surface area contributed by atoms with E-state index in [1.165, 1.54) is 48.2 Å². The van der Waals surface area contributed by atoms with Crippen LogP contribution in [0.3, 0.4) is 0 Å². The van der Waals surface area contributed by atoms with Gasteiger partial charge in [0.25, 0.3) is 0 Å². The topological polar surface area (TPSA) is 95.8 Å². The van der Waals surface area contributed by atoms with Crippen LogP contribution >= 0.6 is 0 Å². The molecule has 0 unspecified atom stereocenters. The molecule has 0 bridgehead atoms. The molecule has 2 aliphatic rings. The number of amides is 1. The lowest BCUT2D eigenvalue weighted by atomic mass is 9.97. The van der Waals surface area contributed by atoms with Crippen LogP contribution in [0.4, 0.5) is 4.39 Å². The minimum atomic E-state index is -3.89. The Labute approximate surface area is 218 Å². The molecule has 37 heavy (non-hydrogen) atoms. The zero-order chi connectivity index (χ0) is 26.3. The van der Waals surface area contributed by atoms with Gasteiger partial charge in [-0.05, 0) is 76.9 Å². The van der Waals surface area contributed by atoms with Gasteiger partial charge < -0.3 is 14.7 Å². The number of carbonyl (C=O) groups is 1. The molecule has 10 heteroatoms. The maximum atomic E-state index is 14.0. The van der Waals surface area contributed by atoms with Crippen molar-refractivity contribution in [1.29, 1.82) is 0 Å². The zero-order valence-corrected chi connectivity index (χ0v) is 22.3.